The molecule has 6 nitrogen and oxygen atoms in total. The predicted octanol–water partition coefficient (Wildman–Crippen LogP) is 2.16. The highest BCUT2D eigenvalue weighted by molar-refractivity contribution is 5.93. The number of likely N-dealkylation sites (tertiary alicyclic amines) is 1. The van der Waals surface area contributed by atoms with E-state index in [4.69, 9.17) is 0 Å². The third-order valence-electron chi connectivity index (χ3n) is 4.65. The number of benzene rings is 1. The molecule has 0 radical (unpaired) electrons. The van der Waals surface area contributed by atoms with Crippen LogP contribution in [-0.4, -0.2) is 47.5 Å². The molecule has 2 N–H and O–H groups in total. The van der Waals surface area contributed by atoms with Crippen LogP contribution >= 0.6 is 0 Å². The summed E-state index contributed by atoms with van der Waals surface area (Å²) in [6.07, 6.45) is 5.33. The van der Waals surface area contributed by atoms with Crippen LogP contribution in [0.25, 0.3) is 0 Å². The van der Waals surface area contributed by atoms with Gasteiger partial charge in [0.1, 0.15) is 0 Å². The van der Waals surface area contributed by atoms with Crippen molar-refractivity contribution in [3.8, 4) is 0 Å². The van der Waals surface area contributed by atoms with E-state index in [2.05, 4.69) is 55.8 Å². The summed E-state index contributed by atoms with van der Waals surface area (Å²) in [7, 11) is 1.75. The molecule has 2 heterocycles. The lowest BCUT2D eigenvalue weighted by atomic mass is 9.96. The van der Waals surface area contributed by atoms with Gasteiger partial charge < -0.3 is 10.6 Å². The SMILES string of the molecule is CNc1ncc(C(=O)NCC2CCN(Cc3ccccc3)CC2)cn1. The number of nitrogens with one attached hydrogen (secondary N) is 2. The van der Waals surface area contributed by atoms with Crippen molar-refractivity contribution in [3.63, 3.8) is 0 Å². The molecular weight excluding hydrogens is 314 g/mol. The third-order valence-corrected chi connectivity index (χ3v) is 4.65. The fraction of sp³-hybridized carbons (Fsp3) is 0.421. The van der Waals surface area contributed by atoms with Crippen molar-refractivity contribution in [2.24, 2.45) is 5.92 Å². The van der Waals surface area contributed by atoms with Gasteiger partial charge in [0.05, 0.1) is 5.56 Å². The standard InChI is InChI=1S/C19H25N5O/c1-20-19-22-12-17(13-23-19)18(25)21-11-15-7-9-24(10-8-15)14-16-5-3-2-4-6-16/h2-6,12-13,15H,7-11,14H2,1H3,(H,21,25)(H,20,22,23). The van der Waals surface area contributed by atoms with E-state index in [-0.39, 0.29) is 5.91 Å². The van der Waals surface area contributed by atoms with Gasteiger partial charge in [-0.1, -0.05) is 30.3 Å². The summed E-state index contributed by atoms with van der Waals surface area (Å²) in [5.74, 6) is 0.949. The second-order valence-electron chi connectivity index (χ2n) is 6.46. The zero-order chi connectivity index (χ0) is 17.5. The first-order chi connectivity index (χ1) is 12.2. The van der Waals surface area contributed by atoms with Crippen molar-refractivity contribution < 1.29 is 4.79 Å². The number of piperidine rings is 1. The zero-order valence-electron chi connectivity index (χ0n) is 14.6. The Kier molecular flexibility index (Phi) is 5.95. The van der Waals surface area contributed by atoms with E-state index in [0.29, 0.717) is 24.0 Å². The van der Waals surface area contributed by atoms with Crippen molar-refractivity contribution in [1.29, 1.82) is 0 Å². The third kappa shape index (κ3) is 5.00. The summed E-state index contributed by atoms with van der Waals surface area (Å²) in [6, 6.07) is 10.6. The number of nitrogens with zero attached hydrogens (tertiary/aromatic N) is 3. The first-order valence-corrected chi connectivity index (χ1v) is 8.79. The van der Waals surface area contributed by atoms with Gasteiger partial charge in [0.2, 0.25) is 5.95 Å². The van der Waals surface area contributed by atoms with E-state index in [1.807, 2.05) is 0 Å². The Balaban J connectivity index is 1.40. The van der Waals surface area contributed by atoms with Crippen LogP contribution in [0.4, 0.5) is 5.95 Å². The van der Waals surface area contributed by atoms with Gasteiger partial charge in [-0.05, 0) is 37.4 Å². The summed E-state index contributed by atoms with van der Waals surface area (Å²) < 4.78 is 0. The second-order valence-corrected chi connectivity index (χ2v) is 6.46. The molecule has 132 valence electrons. The second kappa shape index (κ2) is 8.58. The van der Waals surface area contributed by atoms with Gasteiger partial charge in [-0.15, -0.1) is 0 Å². The molecule has 0 spiro atoms. The molecule has 2 aromatic rings. The molecule has 3 rings (SSSR count). The fourth-order valence-corrected chi connectivity index (χ4v) is 3.10. The smallest absolute Gasteiger partial charge is 0.254 e. The lowest BCUT2D eigenvalue weighted by Gasteiger charge is -2.32. The number of amides is 1. The highest BCUT2D eigenvalue weighted by atomic mass is 16.1. The molecule has 25 heavy (non-hydrogen) atoms. The van der Waals surface area contributed by atoms with E-state index in [0.717, 1.165) is 32.5 Å². The molecule has 1 aromatic carbocycles. The van der Waals surface area contributed by atoms with Crippen LogP contribution in [0.15, 0.2) is 42.7 Å². The average Bonchev–Trinajstić information content (AvgIpc) is 2.68. The normalized spacial score (nSPS) is 15.7. The molecule has 1 fully saturated rings. The van der Waals surface area contributed by atoms with Gasteiger partial charge >= 0.3 is 0 Å². The van der Waals surface area contributed by atoms with Crippen molar-refractivity contribution in [3.05, 3.63) is 53.9 Å². The van der Waals surface area contributed by atoms with Crippen molar-refractivity contribution in [1.82, 2.24) is 20.2 Å². The number of aromatic nitrogens is 2. The number of carbonyl (C=O) groups is 1. The number of hydrogen-bond acceptors (Lipinski definition) is 5. The van der Waals surface area contributed by atoms with Gasteiger partial charge in [0.15, 0.2) is 0 Å². The zero-order valence-corrected chi connectivity index (χ0v) is 14.6. The summed E-state index contributed by atoms with van der Waals surface area (Å²) in [5, 5.41) is 5.85. The van der Waals surface area contributed by atoms with Crippen LogP contribution in [-0.2, 0) is 6.54 Å². The Morgan fingerprint density at radius 3 is 2.48 bits per heavy atom. The number of anilines is 1. The summed E-state index contributed by atoms with van der Waals surface area (Å²) >= 11 is 0. The lowest BCUT2D eigenvalue weighted by molar-refractivity contribution is 0.0934. The van der Waals surface area contributed by atoms with E-state index < -0.39 is 0 Å². The largest absolute Gasteiger partial charge is 0.357 e. The molecule has 0 atom stereocenters. The van der Waals surface area contributed by atoms with Crippen LogP contribution in [0.2, 0.25) is 0 Å². The van der Waals surface area contributed by atoms with Gasteiger partial charge in [-0.3, -0.25) is 9.69 Å². The molecule has 1 aromatic heterocycles. The van der Waals surface area contributed by atoms with E-state index in [1.165, 1.54) is 5.56 Å². The molecule has 1 aliphatic rings. The van der Waals surface area contributed by atoms with Crippen molar-refractivity contribution >= 4 is 11.9 Å². The quantitative estimate of drug-likeness (QED) is 0.844. The summed E-state index contributed by atoms with van der Waals surface area (Å²) in [6.45, 7) is 3.88. The minimum absolute atomic E-state index is 0.102. The monoisotopic (exact) mass is 339 g/mol. The van der Waals surface area contributed by atoms with Gasteiger partial charge in [-0.2, -0.15) is 0 Å². The van der Waals surface area contributed by atoms with Crippen LogP contribution in [0.5, 0.6) is 0 Å². The predicted molar refractivity (Wildman–Crippen MR) is 98.4 cm³/mol. The van der Waals surface area contributed by atoms with Crippen LogP contribution in [0.3, 0.4) is 0 Å². The molecule has 0 bridgehead atoms. The highest BCUT2D eigenvalue weighted by Crippen LogP contribution is 2.18. The van der Waals surface area contributed by atoms with Crippen LogP contribution in [0.1, 0.15) is 28.8 Å². The first-order valence-electron chi connectivity index (χ1n) is 8.79. The first kappa shape index (κ1) is 17.4. The summed E-state index contributed by atoms with van der Waals surface area (Å²) in [4.78, 5) is 22.8. The van der Waals surface area contributed by atoms with Gasteiger partial charge in [0, 0.05) is 32.5 Å². The van der Waals surface area contributed by atoms with E-state index in [1.54, 1.807) is 19.4 Å². The number of rotatable bonds is 6. The molecule has 0 saturated carbocycles. The van der Waals surface area contributed by atoms with E-state index >= 15 is 0 Å². The topological polar surface area (TPSA) is 70.2 Å². The minimum Gasteiger partial charge on any atom is -0.357 e. The Bertz CT molecular complexity index is 666. The molecule has 6 heteroatoms. The average molecular weight is 339 g/mol. The molecule has 1 aliphatic heterocycles. The van der Waals surface area contributed by atoms with Crippen LogP contribution < -0.4 is 10.6 Å². The Hall–Kier alpha value is -2.47. The maximum Gasteiger partial charge on any atom is 0.254 e. The molecule has 0 aliphatic carbocycles. The van der Waals surface area contributed by atoms with Crippen molar-refractivity contribution in [2.45, 2.75) is 19.4 Å². The molecular formula is C19H25N5O. The Morgan fingerprint density at radius 1 is 1.16 bits per heavy atom. The van der Waals surface area contributed by atoms with E-state index in [9.17, 15) is 4.79 Å². The molecule has 1 amide bonds. The fourth-order valence-electron chi connectivity index (χ4n) is 3.10. The molecule has 1 saturated heterocycles. The number of hydrogen-bond donors (Lipinski definition) is 2. The minimum atomic E-state index is -0.102. The maximum absolute atomic E-state index is 12.2. The van der Waals surface area contributed by atoms with Crippen molar-refractivity contribution in [2.75, 3.05) is 32.0 Å². The van der Waals surface area contributed by atoms with Gasteiger partial charge in [0.25, 0.3) is 5.91 Å². The van der Waals surface area contributed by atoms with Crippen LogP contribution in [0, 0.1) is 5.92 Å². The molecule has 0 unspecified atom stereocenters. The number of carbonyl (C=O) groups excluding carboxylic acids is 1. The lowest BCUT2D eigenvalue weighted by Crippen LogP contribution is -2.38. The van der Waals surface area contributed by atoms with Gasteiger partial charge in [-0.25, -0.2) is 9.97 Å². The Labute approximate surface area is 148 Å². The summed E-state index contributed by atoms with van der Waals surface area (Å²) in [5.41, 5.74) is 1.86. The highest BCUT2D eigenvalue weighted by Gasteiger charge is 2.20. The maximum atomic E-state index is 12.2. The Morgan fingerprint density at radius 2 is 1.84 bits per heavy atom.